The standard InChI is InChI=1S/C10H11N3O3S/c14-4-3-13-8(6-7-2-1-5-17-7)9(10(15)16)11-12-13/h1-2,5,14H,3-4,6H2,(H,15,16). The van der Waals surface area contributed by atoms with Crippen molar-refractivity contribution in [1.82, 2.24) is 15.0 Å². The first kappa shape index (κ1) is 11.7. The van der Waals surface area contributed by atoms with E-state index in [1.54, 1.807) is 11.3 Å². The van der Waals surface area contributed by atoms with Gasteiger partial charge in [0, 0.05) is 11.3 Å². The molecule has 2 heterocycles. The second kappa shape index (κ2) is 5.07. The van der Waals surface area contributed by atoms with Crippen LogP contribution in [0.1, 0.15) is 21.1 Å². The Morgan fingerprint density at radius 1 is 1.53 bits per heavy atom. The summed E-state index contributed by atoms with van der Waals surface area (Å²) in [7, 11) is 0. The van der Waals surface area contributed by atoms with E-state index in [-0.39, 0.29) is 18.8 Å². The lowest BCUT2D eigenvalue weighted by molar-refractivity contribution is 0.0689. The lowest BCUT2D eigenvalue weighted by Gasteiger charge is -2.03. The van der Waals surface area contributed by atoms with Gasteiger partial charge in [0.2, 0.25) is 0 Å². The molecule has 0 aliphatic rings. The smallest absolute Gasteiger partial charge is 0.358 e. The number of aromatic nitrogens is 3. The van der Waals surface area contributed by atoms with Gasteiger partial charge in [-0.1, -0.05) is 11.3 Å². The topological polar surface area (TPSA) is 88.2 Å². The van der Waals surface area contributed by atoms with E-state index in [1.807, 2.05) is 17.5 Å². The van der Waals surface area contributed by atoms with Gasteiger partial charge in [0.05, 0.1) is 18.8 Å². The third-order valence-electron chi connectivity index (χ3n) is 2.27. The highest BCUT2D eigenvalue weighted by Crippen LogP contribution is 2.16. The van der Waals surface area contributed by atoms with E-state index < -0.39 is 5.97 Å². The van der Waals surface area contributed by atoms with Crippen molar-refractivity contribution in [3.8, 4) is 0 Å². The van der Waals surface area contributed by atoms with Crippen LogP contribution in [0.5, 0.6) is 0 Å². The minimum absolute atomic E-state index is 0.0492. The average Bonchev–Trinajstić information content (AvgIpc) is 2.90. The van der Waals surface area contributed by atoms with E-state index in [4.69, 9.17) is 10.2 Å². The molecule has 0 aliphatic carbocycles. The molecule has 6 nitrogen and oxygen atoms in total. The maximum absolute atomic E-state index is 11.0. The van der Waals surface area contributed by atoms with Gasteiger partial charge < -0.3 is 10.2 Å². The molecule has 2 aromatic rings. The zero-order valence-corrected chi connectivity index (χ0v) is 9.72. The Bertz CT molecular complexity index is 507. The summed E-state index contributed by atoms with van der Waals surface area (Å²) in [6, 6.07) is 3.83. The number of carboxylic acids is 1. The van der Waals surface area contributed by atoms with Gasteiger partial charge in [-0.2, -0.15) is 0 Å². The van der Waals surface area contributed by atoms with Crippen LogP contribution in [0.25, 0.3) is 0 Å². The van der Waals surface area contributed by atoms with Gasteiger partial charge in [-0.3, -0.25) is 0 Å². The number of aliphatic hydroxyl groups excluding tert-OH is 1. The van der Waals surface area contributed by atoms with Crippen molar-refractivity contribution in [2.75, 3.05) is 6.61 Å². The summed E-state index contributed by atoms with van der Waals surface area (Å²) in [5.41, 5.74) is 0.473. The zero-order valence-electron chi connectivity index (χ0n) is 8.91. The fraction of sp³-hybridized carbons (Fsp3) is 0.300. The molecule has 2 aromatic heterocycles. The van der Waals surface area contributed by atoms with Crippen molar-refractivity contribution >= 4 is 17.3 Å². The molecule has 0 fully saturated rings. The van der Waals surface area contributed by atoms with E-state index in [2.05, 4.69) is 10.3 Å². The third-order valence-corrected chi connectivity index (χ3v) is 3.15. The van der Waals surface area contributed by atoms with Crippen molar-refractivity contribution in [1.29, 1.82) is 0 Å². The first-order chi connectivity index (χ1) is 8.22. The van der Waals surface area contributed by atoms with Crippen LogP contribution in [0.3, 0.4) is 0 Å². The molecule has 0 saturated carbocycles. The molecule has 0 unspecified atom stereocenters. The van der Waals surface area contributed by atoms with E-state index in [9.17, 15) is 4.79 Å². The van der Waals surface area contributed by atoms with Crippen LogP contribution in [0.15, 0.2) is 17.5 Å². The monoisotopic (exact) mass is 253 g/mol. The van der Waals surface area contributed by atoms with Crippen LogP contribution in [0.4, 0.5) is 0 Å². The lowest BCUT2D eigenvalue weighted by atomic mass is 10.2. The van der Waals surface area contributed by atoms with Crippen molar-refractivity contribution in [3.05, 3.63) is 33.8 Å². The molecule has 0 atom stereocenters. The summed E-state index contributed by atoms with van der Waals surface area (Å²) in [4.78, 5) is 12.0. The quantitative estimate of drug-likeness (QED) is 0.815. The molecule has 7 heteroatoms. The maximum atomic E-state index is 11.0. The Morgan fingerprint density at radius 3 is 2.94 bits per heavy atom. The Labute approximate surface area is 101 Å². The molecular formula is C10H11N3O3S. The number of aliphatic hydroxyl groups is 1. The van der Waals surface area contributed by atoms with Crippen LogP contribution < -0.4 is 0 Å². The second-order valence-electron chi connectivity index (χ2n) is 3.39. The minimum atomic E-state index is -1.10. The number of hydrogen-bond donors (Lipinski definition) is 2. The predicted octanol–water partition coefficient (Wildman–Crippen LogP) is 0.621. The number of nitrogens with zero attached hydrogens (tertiary/aromatic N) is 3. The Hall–Kier alpha value is -1.73. The fourth-order valence-corrected chi connectivity index (χ4v) is 2.24. The average molecular weight is 253 g/mol. The van der Waals surface area contributed by atoms with Crippen LogP contribution in [0.2, 0.25) is 0 Å². The molecule has 0 radical (unpaired) electrons. The summed E-state index contributed by atoms with van der Waals surface area (Å²) < 4.78 is 1.43. The highest BCUT2D eigenvalue weighted by atomic mass is 32.1. The van der Waals surface area contributed by atoms with E-state index in [1.165, 1.54) is 4.68 Å². The molecule has 0 bridgehead atoms. The molecule has 2 rings (SSSR count). The fourth-order valence-electron chi connectivity index (χ4n) is 1.53. The molecule has 2 N–H and O–H groups in total. The van der Waals surface area contributed by atoms with Crippen LogP contribution >= 0.6 is 11.3 Å². The van der Waals surface area contributed by atoms with Gasteiger partial charge in [-0.15, -0.1) is 16.4 Å². The summed E-state index contributed by atoms with van der Waals surface area (Å²) in [6.07, 6.45) is 0.465. The van der Waals surface area contributed by atoms with E-state index in [0.717, 1.165) is 4.88 Å². The van der Waals surface area contributed by atoms with Crippen LogP contribution in [0, 0.1) is 0 Å². The SMILES string of the molecule is O=C(O)c1nnn(CCO)c1Cc1cccs1. The van der Waals surface area contributed by atoms with Gasteiger partial charge in [-0.05, 0) is 11.4 Å². The van der Waals surface area contributed by atoms with Crippen molar-refractivity contribution in [2.45, 2.75) is 13.0 Å². The number of carboxylic acid groups (broad SMARTS) is 1. The van der Waals surface area contributed by atoms with Crippen molar-refractivity contribution in [3.63, 3.8) is 0 Å². The maximum Gasteiger partial charge on any atom is 0.358 e. The molecule has 90 valence electrons. The molecule has 0 aromatic carbocycles. The minimum Gasteiger partial charge on any atom is -0.476 e. The first-order valence-electron chi connectivity index (χ1n) is 5.01. The number of rotatable bonds is 5. The number of thiophene rings is 1. The Morgan fingerprint density at radius 2 is 2.35 bits per heavy atom. The van der Waals surface area contributed by atoms with Gasteiger partial charge in [0.15, 0.2) is 5.69 Å². The highest BCUT2D eigenvalue weighted by Gasteiger charge is 2.19. The van der Waals surface area contributed by atoms with Gasteiger partial charge in [-0.25, -0.2) is 9.48 Å². The third kappa shape index (κ3) is 2.51. The Kier molecular flexibility index (Phi) is 3.50. The molecule has 17 heavy (non-hydrogen) atoms. The molecule has 0 aliphatic heterocycles. The molecule has 0 amide bonds. The van der Waals surface area contributed by atoms with Crippen LogP contribution in [-0.2, 0) is 13.0 Å². The normalized spacial score (nSPS) is 10.6. The number of carbonyl (C=O) groups is 1. The summed E-state index contributed by atoms with van der Waals surface area (Å²) in [5.74, 6) is -1.10. The first-order valence-corrected chi connectivity index (χ1v) is 5.89. The van der Waals surface area contributed by atoms with Crippen molar-refractivity contribution < 1.29 is 15.0 Å². The largest absolute Gasteiger partial charge is 0.476 e. The predicted molar refractivity (Wildman–Crippen MR) is 61.2 cm³/mol. The summed E-state index contributed by atoms with van der Waals surface area (Å²) in [5, 5.41) is 27.2. The highest BCUT2D eigenvalue weighted by molar-refractivity contribution is 7.09. The van der Waals surface area contributed by atoms with Crippen LogP contribution in [-0.4, -0.2) is 37.8 Å². The summed E-state index contributed by atoms with van der Waals surface area (Å²) >= 11 is 1.54. The molecular weight excluding hydrogens is 242 g/mol. The van der Waals surface area contributed by atoms with Gasteiger partial charge >= 0.3 is 5.97 Å². The Balaban J connectivity index is 2.34. The van der Waals surface area contributed by atoms with Gasteiger partial charge in [0.25, 0.3) is 0 Å². The zero-order chi connectivity index (χ0) is 12.3. The molecule has 0 spiro atoms. The summed E-state index contributed by atoms with van der Waals surface area (Å²) in [6.45, 7) is 0.154. The van der Waals surface area contributed by atoms with E-state index >= 15 is 0 Å². The van der Waals surface area contributed by atoms with E-state index in [0.29, 0.717) is 12.1 Å². The second-order valence-corrected chi connectivity index (χ2v) is 4.43. The number of hydrogen-bond acceptors (Lipinski definition) is 5. The van der Waals surface area contributed by atoms with Gasteiger partial charge in [0.1, 0.15) is 0 Å². The number of aromatic carboxylic acids is 1. The van der Waals surface area contributed by atoms with Crippen molar-refractivity contribution in [2.24, 2.45) is 0 Å². The molecule has 0 saturated heterocycles. The lowest BCUT2D eigenvalue weighted by Crippen LogP contribution is -2.10.